The number of hydrogen-bond donors (Lipinski definition) is 0. The molecule has 1 aromatic carbocycles. The molecule has 0 N–H and O–H groups in total. The summed E-state index contributed by atoms with van der Waals surface area (Å²) in [5, 5.41) is 0.731. The molecule has 0 aliphatic carbocycles. The third-order valence-electron chi connectivity index (χ3n) is 4.96. The summed E-state index contributed by atoms with van der Waals surface area (Å²) in [6, 6.07) is 10.2. The molecule has 0 bridgehead atoms. The number of pyridine rings is 1. The van der Waals surface area contributed by atoms with Crippen molar-refractivity contribution in [3.8, 4) is 11.4 Å². The molecule has 150 valence electrons. The topological polar surface area (TPSA) is 62.2 Å². The van der Waals surface area contributed by atoms with Crippen LogP contribution in [-0.2, 0) is 4.79 Å². The number of aromatic nitrogens is 3. The first kappa shape index (κ1) is 19.1. The highest BCUT2D eigenvalue weighted by molar-refractivity contribution is 5.94. The molecule has 1 fully saturated rings. The van der Waals surface area contributed by atoms with E-state index in [0.717, 1.165) is 15.8 Å². The molecule has 0 radical (unpaired) electrons. The molecule has 0 saturated carbocycles. The fraction of sp³-hybridized carbons (Fsp3) is 0.300. The monoisotopic (exact) mass is 401 g/mol. The van der Waals surface area contributed by atoms with Gasteiger partial charge in [-0.2, -0.15) is 13.2 Å². The van der Waals surface area contributed by atoms with Crippen molar-refractivity contribution in [1.29, 1.82) is 0 Å². The minimum Gasteiger partial charge on any atom is -0.347 e. The maximum atomic E-state index is 12.7. The highest BCUT2D eigenvalue weighted by Gasteiger charge is 2.41. The van der Waals surface area contributed by atoms with Crippen LogP contribution in [0.3, 0.4) is 0 Å². The van der Waals surface area contributed by atoms with Crippen molar-refractivity contribution in [1.82, 2.24) is 19.9 Å². The summed E-state index contributed by atoms with van der Waals surface area (Å²) in [5.41, 5.74) is 1.45. The second kappa shape index (κ2) is 7.31. The van der Waals surface area contributed by atoms with Gasteiger partial charge in [0.25, 0.3) is 0 Å². The third kappa shape index (κ3) is 3.85. The first-order valence-electron chi connectivity index (χ1n) is 9.09. The summed E-state index contributed by atoms with van der Waals surface area (Å²) in [6.07, 6.45) is -0.854. The summed E-state index contributed by atoms with van der Waals surface area (Å²) < 4.78 is 38.2. The molecular formula is C20H18F3N5O. The fourth-order valence-corrected chi connectivity index (χ4v) is 3.56. The van der Waals surface area contributed by atoms with Gasteiger partial charge in [-0.15, -0.1) is 0 Å². The van der Waals surface area contributed by atoms with Gasteiger partial charge in [-0.1, -0.05) is 12.1 Å². The van der Waals surface area contributed by atoms with Gasteiger partial charge < -0.3 is 9.80 Å². The van der Waals surface area contributed by atoms with Crippen LogP contribution in [0.15, 0.2) is 48.8 Å². The molecule has 3 aromatic rings. The van der Waals surface area contributed by atoms with Crippen LogP contribution in [0.1, 0.15) is 6.42 Å². The van der Waals surface area contributed by atoms with Crippen molar-refractivity contribution in [2.45, 2.75) is 18.6 Å². The summed E-state index contributed by atoms with van der Waals surface area (Å²) in [6.45, 7) is -1.17. The van der Waals surface area contributed by atoms with Gasteiger partial charge in [0.15, 0.2) is 5.82 Å². The number of benzene rings is 1. The highest BCUT2D eigenvalue weighted by atomic mass is 19.4. The van der Waals surface area contributed by atoms with E-state index in [-0.39, 0.29) is 6.54 Å². The zero-order valence-corrected chi connectivity index (χ0v) is 15.6. The fourth-order valence-electron chi connectivity index (χ4n) is 3.56. The maximum Gasteiger partial charge on any atom is 0.406 e. The zero-order valence-electron chi connectivity index (χ0n) is 15.6. The van der Waals surface area contributed by atoms with Crippen LogP contribution in [0.2, 0.25) is 0 Å². The van der Waals surface area contributed by atoms with Crippen LogP contribution in [0.5, 0.6) is 0 Å². The predicted molar refractivity (Wildman–Crippen MR) is 102 cm³/mol. The molecule has 6 nitrogen and oxygen atoms in total. The van der Waals surface area contributed by atoms with E-state index in [4.69, 9.17) is 0 Å². The lowest BCUT2D eigenvalue weighted by molar-refractivity contribution is -0.157. The van der Waals surface area contributed by atoms with E-state index < -0.39 is 24.7 Å². The molecule has 9 heteroatoms. The van der Waals surface area contributed by atoms with Gasteiger partial charge in [0.05, 0.1) is 5.52 Å². The van der Waals surface area contributed by atoms with Gasteiger partial charge in [-0.3, -0.25) is 9.78 Å². The predicted octanol–water partition coefficient (Wildman–Crippen LogP) is 3.29. The Morgan fingerprint density at radius 1 is 1.14 bits per heavy atom. The number of likely N-dealkylation sites (N-methyl/N-ethyl adjacent to an activating group) is 1. The van der Waals surface area contributed by atoms with Crippen molar-refractivity contribution < 1.29 is 18.0 Å². The first-order chi connectivity index (χ1) is 13.8. The number of amides is 1. The number of hydrogen-bond acceptors (Lipinski definition) is 5. The zero-order chi connectivity index (χ0) is 20.6. The van der Waals surface area contributed by atoms with Crippen molar-refractivity contribution in [2.75, 3.05) is 25.0 Å². The highest BCUT2D eigenvalue weighted by Crippen LogP contribution is 2.31. The van der Waals surface area contributed by atoms with Crippen LogP contribution in [0, 0.1) is 0 Å². The molecule has 1 atom stereocenters. The van der Waals surface area contributed by atoms with Gasteiger partial charge in [0, 0.05) is 36.9 Å². The van der Waals surface area contributed by atoms with Crippen molar-refractivity contribution in [3.05, 3.63) is 48.8 Å². The number of alkyl halides is 3. The summed E-state index contributed by atoms with van der Waals surface area (Å²) >= 11 is 0. The Bertz CT molecular complexity index is 1040. The molecule has 3 heterocycles. The minimum atomic E-state index is -4.42. The SMILES string of the molecule is CN(c1nc(-c2ccncc2)nc2ccccc12)C1CCN(CC(F)(F)F)C1=O. The lowest BCUT2D eigenvalue weighted by atomic mass is 10.1. The quantitative estimate of drug-likeness (QED) is 0.671. The molecule has 29 heavy (non-hydrogen) atoms. The van der Waals surface area contributed by atoms with Crippen LogP contribution < -0.4 is 4.90 Å². The van der Waals surface area contributed by atoms with E-state index in [0.29, 0.717) is 23.6 Å². The lowest BCUT2D eigenvalue weighted by Crippen LogP contribution is -2.43. The number of carbonyl (C=O) groups is 1. The Morgan fingerprint density at radius 2 is 1.86 bits per heavy atom. The molecule has 1 unspecified atom stereocenters. The third-order valence-corrected chi connectivity index (χ3v) is 4.96. The van der Waals surface area contributed by atoms with Crippen LogP contribution in [0.4, 0.5) is 19.0 Å². The van der Waals surface area contributed by atoms with Crippen LogP contribution in [0.25, 0.3) is 22.3 Å². The van der Waals surface area contributed by atoms with E-state index in [1.807, 2.05) is 24.3 Å². The molecule has 1 saturated heterocycles. The van der Waals surface area contributed by atoms with E-state index >= 15 is 0 Å². The van der Waals surface area contributed by atoms with Gasteiger partial charge in [0.2, 0.25) is 5.91 Å². The average Bonchev–Trinajstić information content (AvgIpc) is 3.06. The van der Waals surface area contributed by atoms with Crippen molar-refractivity contribution >= 4 is 22.6 Å². The molecule has 2 aromatic heterocycles. The maximum absolute atomic E-state index is 12.7. The molecule has 4 rings (SSSR count). The number of anilines is 1. The van der Waals surface area contributed by atoms with Crippen molar-refractivity contribution in [3.63, 3.8) is 0 Å². The Labute approximate surface area is 165 Å². The number of likely N-dealkylation sites (tertiary alicyclic amines) is 1. The van der Waals surface area contributed by atoms with Gasteiger partial charge in [-0.25, -0.2) is 9.97 Å². The van der Waals surface area contributed by atoms with Crippen molar-refractivity contribution in [2.24, 2.45) is 0 Å². The normalized spacial score (nSPS) is 17.2. The number of carbonyl (C=O) groups excluding carboxylic acids is 1. The molecule has 1 amide bonds. The number of halogens is 3. The number of para-hydroxylation sites is 1. The summed E-state index contributed by atoms with van der Waals surface area (Å²) in [7, 11) is 1.69. The number of nitrogens with zero attached hydrogens (tertiary/aromatic N) is 5. The largest absolute Gasteiger partial charge is 0.406 e. The van der Waals surface area contributed by atoms with E-state index in [1.165, 1.54) is 0 Å². The second-order valence-electron chi connectivity index (χ2n) is 6.91. The van der Waals surface area contributed by atoms with Crippen LogP contribution >= 0.6 is 0 Å². The molecular weight excluding hydrogens is 383 g/mol. The van der Waals surface area contributed by atoms with Crippen LogP contribution in [-0.4, -0.2) is 58.1 Å². The first-order valence-corrected chi connectivity index (χ1v) is 9.09. The van der Waals surface area contributed by atoms with E-state index in [9.17, 15) is 18.0 Å². The summed E-state index contributed by atoms with van der Waals surface area (Å²) in [5.74, 6) is 0.429. The van der Waals surface area contributed by atoms with E-state index in [1.54, 1.807) is 36.5 Å². The number of fused-ring (bicyclic) bond motifs is 1. The Hall–Kier alpha value is -3.23. The van der Waals surface area contributed by atoms with Gasteiger partial charge >= 0.3 is 6.18 Å². The van der Waals surface area contributed by atoms with Gasteiger partial charge in [0.1, 0.15) is 18.4 Å². The minimum absolute atomic E-state index is 0.0631. The smallest absolute Gasteiger partial charge is 0.347 e. The Kier molecular flexibility index (Phi) is 4.81. The lowest BCUT2D eigenvalue weighted by Gasteiger charge is -2.26. The standard InChI is InChI=1S/C20H18F3N5O/c1-27(16-8-11-28(19(16)29)12-20(21,22)23)18-14-4-2-3-5-15(14)25-17(26-18)13-6-9-24-10-7-13/h2-7,9-10,16H,8,11-12H2,1H3. The summed E-state index contributed by atoms with van der Waals surface area (Å²) in [4.78, 5) is 28.4. The van der Waals surface area contributed by atoms with Gasteiger partial charge in [-0.05, 0) is 30.7 Å². The Balaban J connectivity index is 1.72. The van der Waals surface area contributed by atoms with E-state index in [2.05, 4.69) is 15.0 Å². The molecule has 1 aliphatic heterocycles. The molecule has 0 spiro atoms. The number of rotatable bonds is 4. The average molecular weight is 401 g/mol. The second-order valence-corrected chi connectivity index (χ2v) is 6.91. The molecule has 1 aliphatic rings. The Morgan fingerprint density at radius 3 is 2.59 bits per heavy atom.